The molecule has 92 valence electrons. The third-order valence-corrected chi connectivity index (χ3v) is 2.35. The van der Waals surface area contributed by atoms with Gasteiger partial charge in [0.1, 0.15) is 12.2 Å². The molecule has 16 heavy (non-hydrogen) atoms. The summed E-state index contributed by atoms with van der Waals surface area (Å²) in [6.07, 6.45) is 1.83. The Morgan fingerprint density at radius 1 is 1.44 bits per heavy atom. The maximum atomic E-state index is 5.16. The minimum atomic E-state index is 0.224. The van der Waals surface area contributed by atoms with E-state index in [-0.39, 0.29) is 6.10 Å². The van der Waals surface area contributed by atoms with E-state index in [0.717, 1.165) is 25.5 Å². The van der Waals surface area contributed by atoms with Gasteiger partial charge in [-0.3, -0.25) is 0 Å². The van der Waals surface area contributed by atoms with Crippen molar-refractivity contribution < 1.29 is 4.74 Å². The molecule has 1 rings (SSSR count). The zero-order valence-corrected chi connectivity index (χ0v) is 10.6. The summed E-state index contributed by atoms with van der Waals surface area (Å²) in [6, 6.07) is 0. The highest BCUT2D eigenvalue weighted by molar-refractivity contribution is 4.84. The summed E-state index contributed by atoms with van der Waals surface area (Å²) in [4.78, 5) is 4.24. The van der Waals surface area contributed by atoms with Crippen LogP contribution in [-0.2, 0) is 17.8 Å². The van der Waals surface area contributed by atoms with E-state index in [0.29, 0.717) is 5.92 Å². The molecule has 0 fully saturated rings. The van der Waals surface area contributed by atoms with Crippen LogP contribution in [-0.4, -0.2) is 34.5 Å². The lowest BCUT2D eigenvalue weighted by atomic mass is 10.2. The van der Waals surface area contributed by atoms with E-state index in [1.54, 1.807) is 13.4 Å². The standard InChI is InChI=1S/C11H22N4O/c1-9(2)7-15-11(13-8-14-15)6-12-5-10(3)16-4/h8-10,12H,5-7H2,1-4H3. The SMILES string of the molecule is COC(C)CNCc1ncnn1CC(C)C. The van der Waals surface area contributed by atoms with Crippen LogP contribution in [0.25, 0.3) is 0 Å². The van der Waals surface area contributed by atoms with Gasteiger partial charge in [-0.05, 0) is 12.8 Å². The fraction of sp³-hybridized carbons (Fsp3) is 0.818. The van der Waals surface area contributed by atoms with Crippen LogP contribution < -0.4 is 5.32 Å². The normalized spacial score (nSPS) is 13.3. The van der Waals surface area contributed by atoms with Crippen LogP contribution in [0.15, 0.2) is 6.33 Å². The molecule has 0 aliphatic heterocycles. The lowest BCUT2D eigenvalue weighted by molar-refractivity contribution is 0.116. The van der Waals surface area contributed by atoms with E-state index < -0.39 is 0 Å². The van der Waals surface area contributed by atoms with E-state index in [2.05, 4.69) is 29.2 Å². The first-order chi connectivity index (χ1) is 7.63. The molecule has 1 heterocycles. The number of hydrogen-bond donors (Lipinski definition) is 1. The average Bonchev–Trinajstić information content (AvgIpc) is 2.64. The first-order valence-electron chi connectivity index (χ1n) is 5.73. The number of methoxy groups -OCH3 is 1. The van der Waals surface area contributed by atoms with Crippen molar-refractivity contribution in [3.63, 3.8) is 0 Å². The third kappa shape index (κ3) is 4.28. The Balaban J connectivity index is 2.38. The van der Waals surface area contributed by atoms with Gasteiger partial charge in [-0.15, -0.1) is 0 Å². The Morgan fingerprint density at radius 3 is 2.81 bits per heavy atom. The molecule has 0 radical (unpaired) electrons. The van der Waals surface area contributed by atoms with Crippen LogP contribution in [0.4, 0.5) is 0 Å². The first kappa shape index (κ1) is 13.1. The van der Waals surface area contributed by atoms with E-state index in [9.17, 15) is 0 Å². The third-order valence-electron chi connectivity index (χ3n) is 2.35. The van der Waals surface area contributed by atoms with Crippen molar-refractivity contribution in [2.75, 3.05) is 13.7 Å². The Morgan fingerprint density at radius 2 is 2.19 bits per heavy atom. The van der Waals surface area contributed by atoms with Crippen molar-refractivity contribution >= 4 is 0 Å². The summed E-state index contributed by atoms with van der Waals surface area (Å²) in [6.45, 7) is 8.85. The second kappa shape index (κ2) is 6.60. The van der Waals surface area contributed by atoms with Crippen molar-refractivity contribution in [1.82, 2.24) is 20.1 Å². The van der Waals surface area contributed by atoms with Gasteiger partial charge in [0.25, 0.3) is 0 Å². The minimum absolute atomic E-state index is 0.224. The van der Waals surface area contributed by atoms with Crippen molar-refractivity contribution in [2.24, 2.45) is 5.92 Å². The summed E-state index contributed by atoms with van der Waals surface area (Å²) in [5.41, 5.74) is 0. The number of hydrogen-bond acceptors (Lipinski definition) is 4. The summed E-state index contributed by atoms with van der Waals surface area (Å²) >= 11 is 0. The van der Waals surface area contributed by atoms with Crippen molar-refractivity contribution in [1.29, 1.82) is 0 Å². The fourth-order valence-electron chi connectivity index (χ4n) is 1.39. The molecule has 5 heteroatoms. The molecule has 0 aromatic carbocycles. The van der Waals surface area contributed by atoms with Gasteiger partial charge in [0.15, 0.2) is 0 Å². The number of nitrogens with one attached hydrogen (secondary N) is 1. The summed E-state index contributed by atoms with van der Waals surface area (Å²) in [7, 11) is 1.72. The van der Waals surface area contributed by atoms with Crippen LogP contribution in [0.5, 0.6) is 0 Å². The Kier molecular flexibility index (Phi) is 5.42. The van der Waals surface area contributed by atoms with Gasteiger partial charge in [0.05, 0.1) is 12.6 Å². The fourth-order valence-corrected chi connectivity index (χ4v) is 1.39. The molecule has 1 aromatic rings. The lowest BCUT2D eigenvalue weighted by Crippen LogP contribution is -2.27. The maximum Gasteiger partial charge on any atom is 0.140 e. The molecule has 0 spiro atoms. The molecular weight excluding hydrogens is 204 g/mol. The first-order valence-corrected chi connectivity index (χ1v) is 5.73. The van der Waals surface area contributed by atoms with Crippen LogP contribution in [0.3, 0.4) is 0 Å². The molecular formula is C11H22N4O. The molecule has 5 nitrogen and oxygen atoms in total. The topological polar surface area (TPSA) is 52.0 Å². The Labute approximate surface area is 97.2 Å². The van der Waals surface area contributed by atoms with Gasteiger partial charge < -0.3 is 10.1 Å². The summed E-state index contributed by atoms with van der Waals surface area (Å²) in [5, 5.41) is 7.51. The molecule has 1 N–H and O–H groups in total. The highest BCUT2D eigenvalue weighted by atomic mass is 16.5. The van der Waals surface area contributed by atoms with E-state index in [1.165, 1.54) is 0 Å². The van der Waals surface area contributed by atoms with Crippen molar-refractivity contribution in [3.8, 4) is 0 Å². The largest absolute Gasteiger partial charge is 0.380 e. The smallest absolute Gasteiger partial charge is 0.140 e. The molecule has 0 bridgehead atoms. The second-order valence-corrected chi connectivity index (χ2v) is 4.43. The number of ether oxygens (including phenoxy) is 1. The van der Waals surface area contributed by atoms with Crippen LogP contribution in [0.1, 0.15) is 26.6 Å². The zero-order chi connectivity index (χ0) is 12.0. The number of rotatable bonds is 7. The maximum absolute atomic E-state index is 5.16. The van der Waals surface area contributed by atoms with Crippen LogP contribution in [0.2, 0.25) is 0 Å². The van der Waals surface area contributed by atoms with E-state index >= 15 is 0 Å². The molecule has 0 aliphatic rings. The molecule has 1 atom stereocenters. The molecule has 1 unspecified atom stereocenters. The Hall–Kier alpha value is -0.940. The molecule has 0 saturated heterocycles. The van der Waals surface area contributed by atoms with Crippen molar-refractivity contribution in [3.05, 3.63) is 12.2 Å². The van der Waals surface area contributed by atoms with Gasteiger partial charge in [-0.1, -0.05) is 13.8 Å². The zero-order valence-electron chi connectivity index (χ0n) is 10.6. The minimum Gasteiger partial charge on any atom is -0.380 e. The summed E-state index contributed by atoms with van der Waals surface area (Å²) < 4.78 is 7.11. The van der Waals surface area contributed by atoms with Gasteiger partial charge in [0.2, 0.25) is 0 Å². The van der Waals surface area contributed by atoms with Gasteiger partial charge in [-0.25, -0.2) is 9.67 Å². The van der Waals surface area contributed by atoms with E-state index in [4.69, 9.17) is 4.74 Å². The lowest BCUT2D eigenvalue weighted by Gasteiger charge is -2.12. The monoisotopic (exact) mass is 226 g/mol. The van der Waals surface area contributed by atoms with Gasteiger partial charge >= 0.3 is 0 Å². The van der Waals surface area contributed by atoms with E-state index in [1.807, 2.05) is 11.6 Å². The highest BCUT2D eigenvalue weighted by Gasteiger charge is 2.06. The second-order valence-electron chi connectivity index (χ2n) is 4.43. The molecule has 0 amide bonds. The van der Waals surface area contributed by atoms with Gasteiger partial charge in [-0.2, -0.15) is 5.10 Å². The predicted molar refractivity (Wildman–Crippen MR) is 63.0 cm³/mol. The quantitative estimate of drug-likeness (QED) is 0.755. The molecule has 0 saturated carbocycles. The average molecular weight is 226 g/mol. The number of nitrogens with zero attached hydrogens (tertiary/aromatic N) is 3. The number of aromatic nitrogens is 3. The van der Waals surface area contributed by atoms with Crippen LogP contribution in [0, 0.1) is 5.92 Å². The predicted octanol–water partition coefficient (Wildman–Crippen LogP) is 1.06. The summed E-state index contributed by atoms with van der Waals surface area (Å²) in [5.74, 6) is 1.57. The molecule has 0 aliphatic carbocycles. The molecule has 1 aromatic heterocycles. The highest BCUT2D eigenvalue weighted by Crippen LogP contribution is 2.00. The van der Waals surface area contributed by atoms with Crippen LogP contribution >= 0.6 is 0 Å². The van der Waals surface area contributed by atoms with Crippen molar-refractivity contribution in [2.45, 2.75) is 40.0 Å². The Bertz CT molecular complexity index is 298. The van der Waals surface area contributed by atoms with Gasteiger partial charge in [0, 0.05) is 20.2 Å².